The van der Waals surface area contributed by atoms with E-state index in [1.165, 1.54) is 22.4 Å². The monoisotopic (exact) mass is 889 g/mol. The van der Waals surface area contributed by atoms with Crippen LogP contribution in [0.4, 0.5) is 42.9 Å². The Morgan fingerprint density at radius 2 is 1.81 bits per heavy atom. The molecule has 2 saturated heterocycles. The minimum absolute atomic E-state index is 0.235. The third kappa shape index (κ3) is 11.5. The lowest BCUT2D eigenvalue weighted by Crippen LogP contribution is -2.39. The summed E-state index contributed by atoms with van der Waals surface area (Å²) in [4.78, 5) is 35.1. The number of hydrogen-bond donors (Lipinski definition) is 2. The van der Waals surface area contributed by atoms with Crippen molar-refractivity contribution in [2.45, 2.75) is 75.3 Å². The number of rotatable bonds is 11. The number of aldehydes is 1. The van der Waals surface area contributed by atoms with Gasteiger partial charge in [0.2, 0.25) is 5.95 Å². The highest BCUT2D eigenvalue weighted by atomic mass is 32.2. The summed E-state index contributed by atoms with van der Waals surface area (Å²) in [7, 11) is 2.39. The van der Waals surface area contributed by atoms with Crippen molar-refractivity contribution < 1.29 is 40.1 Å². The van der Waals surface area contributed by atoms with E-state index in [1.807, 2.05) is 23.9 Å². The van der Waals surface area contributed by atoms with Crippen molar-refractivity contribution in [3.05, 3.63) is 77.7 Å². The fourth-order valence-corrected chi connectivity index (χ4v) is 9.22. The van der Waals surface area contributed by atoms with E-state index < -0.39 is 47.1 Å². The highest BCUT2D eigenvalue weighted by molar-refractivity contribution is 7.82. The number of amides is 2. The fraction of sp³-hybridized carbons (Fsp3) is 0.463. The number of benzene rings is 2. The van der Waals surface area contributed by atoms with Gasteiger partial charge in [0, 0.05) is 70.0 Å². The molecule has 5 heterocycles. The minimum Gasteiger partial charge on any atom is -0.368 e. The molecule has 2 aliphatic heterocycles. The average molecular weight is 890 g/mol. The molecule has 62 heavy (non-hydrogen) atoms. The molecule has 21 heteroatoms. The van der Waals surface area contributed by atoms with Crippen LogP contribution in [0.1, 0.15) is 61.6 Å². The molecule has 1 unspecified atom stereocenters. The maximum Gasteiger partial charge on any atom is 0.419 e. The number of halogens is 6. The van der Waals surface area contributed by atoms with E-state index >= 15 is 0 Å². The van der Waals surface area contributed by atoms with Gasteiger partial charge in [-0.3, -0.25) is 19.2 Å². The number of nitrogens with one attached hydrogen (secondary N) is 1. The van der Waals surface area contributed by atoms with Gasteiger partial charge in [-0.05, 0) is 86.0 Å². The summed E-state index contributed by atoms with van der Waals surface area (Å²) in [5, 5.41) is 11.6. The zero-order valence-electron chi connectivity index (χ0n) is 34.5. The molecule has 2 aliphatic rings. The van der Waals surface area contributed by atoms with Gasteiger partial charge in [0.25, 0.3) is 0 Å². The lowest BCUT2D eigenvalue weighted by atomic mass is 9.89. The van der Waals surface area contributed by atoms with Gasteiger partial charge in [-0.1, -0.05) is 25.1 Å². The Kier molecular flexibility index (Phi) is 14.7. The summed E-state index contributed by atoms with van der Waals surface area (Å²) in [6.07, 6.45) is -1.64. The number of carbonyl (C=O) groups is 2. The minimum atomic E-state index is -4.77. The molecule has 2 amide bonds. The molecule has 0 radical (unpaired) electrons. The molecule has 2 aromatic carbocycles. The number of nitrogens with zero attached hydrogens (tertiary/aromatic N) is 9. The van der Waals surface area contributed by atoms with Crippen LogP contribution in [0.5, 0.6) is 0 Å². The quantitative estimate of drug-likeness (QED) is 0.106. The van der Waals surface area contributed by atoms with Crippen LogP contribution in [0.2, 0.25) is 0 Å². The third-order valence-electron chi connectivity index (χ3n) is 10.8. The molecule has 2 atom stereocenters. The largest absolute Gasteiger partial charge is 0.419 e. The third-order valence-corrected chi connectivity index (χ3v) is 12.3. The Labute approximate surface area is 357 Å². The van der Waals surface area contributed by atoms with Crippen LogP contribution in [-0.2, 0) is 42.1 Å². The number of aryl methyl sites for hydroxylation is 1. The Bertz CT molecular complexity index is 2360. The van der Waals surface area contributed by atoms with E-state index in [4.69, 9.17) is 5.73 Å². The van der Waals surface area contributed by atoms with Crippen molar-refractivity contribution in [3.8, 4) is 11.3 Å². The lowest BCUT2D eigenvalue weighted by Gasteiger charge is -2.32. The summed E-state index contributed by atoms with van der Waals surface area (Å²) in [5.74, 6) is 1.20. The lowest BCUT2D eigenvalue weighted by molar-refractivity contribution is -0.142. The number of likely N-dealkylation sites (tertiary alicyclic amines) is 1. The molecule has 5 aromatic rings. The molecule has 14 nitrogen and oxygen atoms in total. The average Bonchev–Trinajstić information content (AvgIpc) is 3.83. The number of alkyl halides is 6. The summed E-state index contributed by atoms with van der Waals surface area (Å²) in [6.45, 7) is 5.80. The molecule has 0 saturated carbocycles. The highest BCUT2D eigenvalue weighted by Crippen LogP contribution is 2.37. The number of urea groups is 1. The van der Waals surface area contributed by atoms with Gasteiger partial charge in [0.1, 0.15) is 29.4 Å². The topological polar surface area (TPSA) is 160 Å². The van der Waals surface area contributed by atoms with Crippen molar-refractivity contribution in [3.63, 3.8) is 0 Å². The number of nitrogens with two attached hydrogens (primary N) is 1. The van der Waals surface area contributed by atoms with Gasteiger partial charge in [-0.15, -0.1) is 0 Å². The first-order valence-electron chi connectivity index (χ1n) is 20.1. The Balaban J connectivity index is 0.000000256. The molecule has 0 bridgehead atoms. The number of nitrogen functional groups attached to an aromatic ring is 1. The van der Waals surface area contributed by atoms with Crippen LogP contribution in [0.3, 0.4) is 0 Å². The molecular formula is C41H49F6N11O3S. The van der Waals surface area contributed by atoms with Crippen molar-refractivity contribution in [2.75, 3.05) is 50.4 Å². The first-order valence-corrected chi connectivity index (χ1v) is 21.2. The maximum absolute atomic E-state index is 13.2. The zero-order valence-corrected chi connectivity index (χ0v) is 35.3. The summed E-state index contributed by atoms with van der Waals surface area (Å²) in [5.41, 5.74) is 6.65. The van der Waals surface area contributed by atoms with Crippen LogP contribution < -0.4 is 16.0 Å². The maximum atomic E-state index is 13.2. The van der Waals surface area contributed by atoms with Gasteiger partial charge in [0.15, 0.2) is 5.82 Å². The predicted molar refractivity (Wildman–Crippen MR) is 222 cm³/mol. The molecule has 3 N–H and O–H groups in total. The number of hydrogen-bond acceptors (Lipinski definition) is 9. The summed E-state index contributed by atoms with van der Waals surface area (Å²) >= 11 is 0. The molecule has 3 aromatic heterocycles. The Morgan fingerprint density at radius 1 is 1.05 bits per heavy atom. The van der Waals surface area contributed by atoms with E-state index in [-0.39, 0.29) is 24.6 Å². The van der Waals surface area contributed by atoms with Crippen LogP contribution in [-0.4, -0.2) is 101 Å². The van der Waals surface area contributed by atoms with E-state index in [0.29, 0.717) is 28.5 Å². The van der Waals surface area contributed by atoms with Crippen molar-refractivity contribution in [1.29, 1.82) is 0 Å². The molecular weight excluding hydrogens is 841 g/mol. The van der Waals surface area contributed by atoms with Crippen molar-refractivity contribution in [2.24, 2.45) is 13.0 Å². The van der Waals surface area contributed by atoms with E-state index in [2.05, 4.69) is 71.9 Å². The Hall–Kier alpha value is -5.41. The first kappa shape index (κ1) is 46.1. The molecule has 334 valence electrons. The second-order valence-corrected chi connectivity index (χ2v) is 17.0. The van der Waals surface area contributed by atoms with Gasteiger partial charge in [-0.2, -0.15) is 36.5 Å². The van der Waals surface area contributed by atoms with Gasteiger partial charge in [-0.25, -0.2) is 23.3 Å². The van der Waals surface area contributed by atoms with Gasteiger partial charge >= 0.3 is 18.4 Å². The predicted octanol–water partition coefficient (Wildman–Crippen LogP) is 6.95. The van der Waals surface area contributed by atoms with E-state index in [1.54, 1.807) is 7.05 Å². The van der Waals surface area contributed by atoms with Gasteiger partial charge in [0.05, 0.1) is 22.3 Å². The second kappa shape index (κ2) is 19.7. The fourth-order valence-electron chi connectivity index (χ4n) is 7.79. The number of anilines is 2. The molecule has 0 spiro atoms. The SMILES string of the molecule is CNC(=O)N(CCC=O)c1nn(C)c2cc(C3CCN(Cc4cccc(S(=O)N5CCC[C@H](C)C5)c4)CC3)ccc12.Nc1ncc(C(F)(F)F)c(-c2cnn(CC(F)(F)F)c2)n1. The standard InChI is InChI=1S/C31H42N6O3S.C10H7F6N5/c1-23-7-5-14-36(21-23)41(40)27-9-4-8-24(19-27)22-35-16-12-25(13-17-35)26-10-11-28-29(20-26)34(3)33-30(28)37(15-6-18-38)31(39)32-2;11-9(12,13)4-21-3-5(1-19-21)7-6(10(14,15)16)2-18-8(17)20-7/h4,8-11,18-20,23,25H,5-7,12-17,21-22H2,1-3H3,(H,32,39);1-3H,4H2,(H2,17,18,20)/t23-,41?;/m0./s1. The van der Waals surface area contributed by atoms with E-state index in [0.717, 1.165) is 86.5 Å². The smallest absolute Gasteiger partial charge is 0.368 e. The van der Waals surface area contributed by atoms with Crippen LogP contribution in [0, 0.1) is 5.92 Å². The highest BCUT2D eigenvalue weighted by Gasteiger charge is 2.36. The van der Waals surface area contributed by atoms with Crippen molar-refractivity contribution >= 4 is 46.0 Å². The number of aromatic nitrogens is 6. The van der Waals surface area contributed by atoms with Crippen LogP contribution >= 0.6 is 0 Å². The number of piperidine rings is 2. The zero-order chi connectivity index (χ0) is 44.8. The number of carbonyl (C=O) groups excluding carboxylic acids is 2. The van der Waals surface area contributed by atoms with Crippen molar-refractivity contribution in [1.82, 2.24) is 44.1 Å². The van der Waals surface area contributed by atoms with Crippen LogP contribution in [0.15, 0.2) is 66.0 Å². The molecule has 7 rings (SSSR count). The summed E-state index contributed by atoms with van der Waals surface area (Å²) < 4.78 is 92.7. The Morgan fingerprint density at radius 3 is 2.48 bits per heavy atom. The van der Waals surface area contributed by atoms with E-state index in [9.17, 15) is 40.1 Å². The first-order chi connectivity index (χ1) is 29.4. The number of fused-ring (bicyclic) bond motifs is 1. The summed E-state index contributed by atoms with van der Waals surface area (Å²) in [6, 6.07) is 14.5. The molecule has 2 fully saturated rings. The molecule has 0 aliphatic carbocycles. The normalized spacial score (nSPS) is 17.3. The second-order valence-electron chi connectivity index (χ2n) is 15.5. The van der Waals surface area contributed by atoms with Gasteiger partial charge < -0.3 is 15.8 Å². The van der Waals surface area contributed by atoms with Crippen LogP contribution in [0.25, 0.3) is 22.2 Å².